The second-order valence-electron chi connectivity index (χ2n) is 9.84. The maximum absolute atomic E-state index is 12.6. The van der Waals surface area contributed by atoms with Gasteiger partial charge >= 0.3 is 0 Å². The number of piperidine rings is 2. The van der Waals surface area contributed by atoms with E-state index in [1.807, 2.05) is 0 Å². The summed E-state index contributed by atoms with van der Waals surface area (Å²) in [5.74, 6) is 2.74. The normalized spacial score (nSPS) is 22.1. The van der Waals surface area contributed by atoms with Crippen molar-refractivity contribution in [1.82, 2.24) is 20.9 Å². The molecule has 2 aliphatic heterocycles. The molecular weight excluding hydrogens is 396 g/mol. The molecule has 3 fully saturated rings. The number of carbonyl (C=O) groups is 1. The molecule has 2 heterocycles. The van der Waals surface area contributed by atoms with Gasteiger partial charge in [0.1, 0.15) is 0 Å². The van der Waals surface area contributed by atoms with Crippen molar-refractivity contribution in [2.45, 2.75) is 77.0 Å². The van der Waals surface area contributed by atoms with E-state index in [4.69, 9.17) is 0 Å². The van der Waals surface area contributed by atoms with E-state index in [2.05, 4.69) is 20.9 Å². The zero-order valence-corrected chi connectivity index (χ0v) is 20.0. The van der Waals surface area contributed by atoms with Crippen molar-refractivity contribution in [1.29, 1.82) is 0 Å². The lowest BCUT2D eigenvalue weighted by molar-refractivity contribution is -0.133. The second-order valence-corrected chi connectivity index (χ2v) is 9.84. The fourth-order valence-corrected chi connectivity index (χ4v) is 5.35. The van der Waals surface area contributed by atoms with Gasteiger partial charge in [-0.05, 0) is 108 Å². The Bertz CT molecular complexity index is 444. The molecule has 1 aliphatic carbocycles. The molecule has 0 bridgehead atoms. The monoisotopic (exact) mass is 442 g/mol. The van der Waals surface area contributed by atoms with Crippen LogP contribution >= 0.6 is 12.4 Å². The summed E-state index contributed by atoms with van der Waals surface area (Å²) in [4.78, 5) is 14.7. The lowest BCUT2D eigenvalue weighted by Gasteiger charge is -2.33. The van der Waals surface area contributed by atoms with Crippen LogP contribution in [0, 0.1) is 17.8 Å². The summed E-state index contributed by atoms with van der Waals surface area (Å²) in [7, 11) is 0. The summed E-state index contributed by atoms with van der Waals surface area (Å²) in [5.41, 5.74) is 0. The topological polar surface area (TPSA) is 56.4 Å². The highest BCUT2D eigenvalue weighted by molar-refractivity contribution is 5.85. The molecule has 30 heavy (non-hydrogen) atoms. The smallest absolute Gasteiger partial charge is 0.222 e. The van der Waals surface area contributed by atoms with Crippen LogP contribution in [0.3, 0.4) is 0 Å². The van der Waals surface area contributed by atoms with E-state index < -0.39 is 0 Å². The Morgan fingerprint density at radius 2 is 1.33 bits per heavy atom. The van der Waals surface area contributed by atoms with Crippen molar-refractivity contribution in [2.75, 3.05) is 52.4 Å². The highest BCUT2D eigenvalue weighted by Crippen LogP contribution is 2.27. The van der Waals surface area contributed by atoms with E-state index >= 15 is 0 Å². The van der Waals surface area contributed by atoms with Crippen molar-refractivity contribution in [3.63, 3.8) is 0 Å². The molecule has 0 aromatic carbocycles. The van der Waals surface area contributed by atoms with Gasteiger partial charge in [-0.1, -0.05) is 19.3 Å². The van der Waals surface area contributed by atoms with Gasteiger partial charge < -0.3 is 20.9 Å². The molecule has 0 aromatic rings. The van der Waals surface area contributed by atoms with Crippen LogP contribution in [0.15, 0.2) is 0 Å². The standard InChI is InChI=1S/C24H46N4O.ClH/c29-24(18-21-6-2-1-3-7-21)28-16-10-23(11-17-28)20-27-13-5-4-12-26-19-22-8-14-25-15-9-22;/h21-23,25-27H,1-20H2;1H. The Morgan fingerprint density at radius 3 is 1.93 bits per heavy atom. The van der Waals surface area contributed by atoms with Crippen LogP contribution < -0.4 is 16.0 Å². The third-order valence-electron chi connectivity index (χ3n) is 7.44. The minimum absolute atomic E-state index is 0. The molecule has 1 saturated carbocycles. The van der Waals surface area contributed by atoms with Gasteiger partial charge in [-0.15, -0.1) is 12.4 Å². The van der Waals surface area contributed by atoms with E-state index in [1.54, 1.807) is 0 Å². The van der Waals surface area contributed by atoms with E-state index in [-0.39, 0.29) is 12.4 Å². The van der Waals surface area contributed by atoms with Crippen LogP contribution in [0.1, 0.15) is 77.0 Å². The number of likely N-dealkylation sites (tertiary alicyclic amines) is 1. The predicted molar refractivity (Wildman–Crippen MR) is 128 cm³/mol. The van der Waals surface area contributed by atoms with E-state index in [1.165, 1.54) is 90.3 Å². The number of unbranched alkanes of at least 4 members (excludes halogenated alkanes) is 1. The van der Waals surface area contributed by atoms with Crippen LogP contribution in [0.25, 0.3) is 0 Å². The lowest BCUT2D eigenvalue weighted by Crippen LogP contribution is -2.41. The lowest BCUT2D eigenvalue weighted by atomic mass is 9.86. The summed E-state index contributed by atoms with van der Waals surface area (Å²) in [6.45, 7) is 8.99. The quantitative estimate of drug-likeness (QED) is 0.428. The Kier molecular flexibility index (Phi) is 13.3. The number of nitrogens with one attached hydrogen (secondary N) is 3. The van der Waals surface area contributed by atoms with E-state index in [9.17, 15) is 4.79 Å². The molecule has 0 aromatic heterocycles. The first-order chi connectivity index (χ1) is 14.3. The molecule has 0 radical (unpaired) electrons. The largest absolute Gasteiger partial charge is 0.343 e. The molecule has 3 N–H and O–H groups in total. The molecule has 176 valence electrons. The van der Waals surface area contributed by atoms with Crippen molar-refractivity contribution in [2.24, 2.45) is 17.8 Å². The Balaban J connectivity index is 0.00000320. The molecule has 0 spiro atoms. The average molecular weight is 443 g/mol. The first kappa shape index (κ1) is 25.9. The highest BCUT2D eigenvalue weighted by atomic mass is 35.5. The van der Waals surface area contributed by atoms with Gasteiger partial charge in [0.15, 0.2) is 0 Å². The minimum Gasteiger partial charge on any atom is -0.343 e. The molecule has 5 nitrogen and oxygen atoms in total. The maximum Gasteiger partial charge on any atom is 0.222 e. The van der Waals surface area contributed by atoms with E-state index in [0.29, 0.717) is 11.8 Å². The summed E-state index contributed by atoms with van der Waals surface area (Å²) in [6, 6.07) is 0. The van der Waals surface area contributed by atoms with Crippen molar-refractivity contribution in [3.8, 4) is 0 Å². The van der Waals surface area contributed by atoms with Gasteiger partial charge in [-0.2, -0.15) is 0 Å². The molecule has 1 amide bonds. The first-order valence-electron chi connectivity index (χ1n) is 12.7. The third-order valence-corrected chi connectivity index (χ3v) is 7.44. The molecule has 0 atom stereocenters. The second kappa shape index (κ2) is 15.4. The van der Waals surface area contributed by atoms with Crippen LogP contribution in [-0.4, -0.2) is 63.2 Å². The number of nitrogens with zero attached hydrogens (tertiary/aromatic N) is 1. The van der Waals surface area contributed by atoms with Crippen molar-refractivity contribution < 1.29 is 4.79 Å². The molecule has 3 rings (SSSR count). The number of hydrogen-bond acceptors (Lipinski definition) is 4. The average Bonchev–Trinajstić information content (AvgIpc) is 2.77. The molecule has 2 saturated heterocycles. The highest BCUT2D eigenvalue weighted by Gasteiger charge is 2.25. The van der Waals surface area contributed by atoms with Gasteiger partial charge in [0.05, 0.1) is 0 Å². The van der Waals surface area contributed by atoms with E-state index in [0.717, 1.165) is 51.0 Å². The van der Waals surface area contributed by atoms with Crippen molar-refractivity contribution in [3.05, 3.63) is 0 Å². The molecule has 3 aliphatic rings. The van der Waals surface area contributed by atoms with Crippen LogP contribution in [-0.2, 0) is 4.79 Å². The van der Waals surface area contributed by atoms with Gasteiger partial charge in [-0.3, -0.25) is 4.79 Å². The van der Waals surface area contributed by atoms with Gasteiger partial charge in [0, 0.05) is 19.5 Å². The van der Waals surface area contributed by atoms with Gasteiger partial charge in [0.2, 0.25) is 5.91 Å². The number of halogens is 1. The predicted octanol–water partition coefficient (Wildman–Crippen LogP) is 3.58. The third kappa shape index (κ3) is 9.84. The Labute approximate surface area is 191 Å². The van der Waals surface area contributed by atoms with Gasteiger partial charge in [-0.25, -0.2) is 0 Å². The summed E-state index contributed by atoms with van der Waals surface area (Å²) < 4.78 is 0. The Hall–Kier alpha value is -0.360. The summed E-state index contributed by atoms with van der Waals surface area (Å²) in [6.07, 6.45) is 15.0. The van der Waals surface area contributed by atoms with Crippen LogP contribution in [0.4, 0.5) is 0 Å². The van der Waals surface area contributed by atoms with Crippen LogP contribution in [0.2, 0.25) is 0 Å². The Morgan fingerprint density at radius 1 is 0.767 bits per heavy atom. The number of rotatable bonds is 11. The maximum atomic E-state index is 12.6. The summed E-state index contributed by atoms with van der Waals surface area (Å²) in [5, 5.41) is 10.7. The number of carbonyl (C=O) groups excluding carboxylic acids is 1. The van der Waals surface area contributed by atoms with Crippen molar-refractivity contribution >= 4 is 18.3 Å². The first-order valence-corrected chi connectivity index (χ1v) is 12.7. The zero-order chi connectivity index (χ0) is 20.2. The fourth-order valence-electron chi connectivity index (χ4n) is 5.35. The van der Waals surface area contributed by atoms with Crippen LogP contribution in [0.5, 0.6) is 0 Å². The fraction of sp³-hybridized carbons (Fsp3) is 0.958. The number of hydrogen-bond donors (Lipinski definition) is 3. The molecule has 0 unspecified atom stereocenters. The number of amides is 1. The minimum atomic E-state index is 0. The molecular formula is C24H47ClN4O. The SMILES string of the molecule is Cl.O=C(CC1CCCCC1)N1CCC(CNCCCCNCC2CCNCC2)CC1. The van der Waals surface area contributed by atoms with Gasteiger partial charge in [0.25, 0.3) is 0 Å². The molecule has 6 heteroatoms. The summed E-state index contributed by atoms with van der Waals surface area (Å²) >= 11 is 0. The zero-order valence-electron chi connectivity index (χ0n) is 19.1.